The number of amides is 1. The van der Waals surface area contributed by atoms with Gasteiger partial charge in [0.25, 0.3) is 0 Å². The van der Waals surface area contributed by atoms with Crippen molar-refractivity contribution in [1.29, 1.82) is 0 Å². The van der Waals surface area contributed by atoms with Crippen molar-refractivity contribution in [1.82, 2.24) is 15.5 Å². The van der Waals surface area contributed by atoms with Crippen molar-refractivity contribution in [3.8, 4) is 0 Å². The average molecular weight is 313 g/mol. The van der Waals surface area contributed by atoms with Crippen molar-refractivity contribution in [3.05, 3.63) is 53.9 Å². The number of rotatable bonds is 7. The minimum absolute atomic E-state index is 0.113. The number of nitrogens with zero attached hydrogens (tertiary/aromatic N) is 2. The Morgan fingerprint density at radius 1 is 1.39 bits per heavy atom. The third-order valence-corrected chi connectivity index (χ3v) is 3.59. The van der Waals surface area contributed by atoms with E-state index in [1.165, 1.54) is 0 Å². The van der Waals surface area contributed by atoms with Gasteiger partial charge in [-0.1, -0.05) is 37.3 Å². The number of hydrogen-bond acceptors (Lipinski definition) is 3. The number of guanidine groups is 1. The van der Waals surface area contributed by atoms with Gasteiger partial charge in [-0.15, -0.1) is 0 Å². The lowest BCUT2D eigenvalue weighted by Crippen LogP contribution is -2.37. The molecule has 2 rings (SSSR count). The molecule has 0 spiro atoms. The summed E-state index contributed by atoms with van der Waals surface area (Å²) in [6.07, 6.45) is 5.78. The molecule has 6 nitrogen and oxygen atoms in total. The molecule has 0 saturated carbocycles. The van der Waals surface area contributed by atoms with Gasteiger partial charge in [-0.25, -0.2) is 0 Å². The molecule has 0 bridgehead atoms. The number of hydrogen-bond donors (Lipinski definition) is 3. The largest absolute Gasteiger partial charge is 0.370 e. The SMILES string of the molecule is CC(CC(=O)NC(N)=NCCCc1cn[nH]c1)c1ccccc1. The number of H-pyrrole nitrogens is 1. The first-order valence-electron chi connectivity index (χ1n) is 7.77. The Labute approximate surface area is 136 Å². The highest BCUT2D eigenvalue weighted by atomic mass is 16.1. The van der Waals surface area contributed by atoms with Gasteiger partial charge in [-0.3, -0.25) is 20.2 Å². The molecule has 23 heavy (non-hydrogen) atoms. The molecule has 2 aromatic rings. The van der Waals surface area contributed by atoms with Crippen LogP contribution < -0.4 is 11.1 Å². The molecule has 0 aliphatic carbocycles. The third-order valence-electron chi connectivity index (χ3n) is 3.59. The minimum atomic E-state index is -0.113. The molecule has 1 amide bonds. The Kier molecular flexibility index (Phi) is 6.35. The summed E-state index contributed by atoms with van der Waals surface area (Å²) in [4.78, 5) is 16.1. The van der Waals surface area contributed by atoms with E-state index in [-0.39, 0.29) is 17.8 Å². The highest BCUT2D eigenvalue weighted by molar-refractivity contribution is 5.96. The summed E-state index contributed by atoms with van der Waals surface area (Å²) in [5.74, 6) is 0.213. The molecule has 122 valence electrons. The highest BCUT2D eigenvalue weighted by Crippen LogP contribution is 2.17. The molecule has 0 aliphatic rings. The normalized spacial score (nSPS) is 12.8. The van der Waals surface area contributed by atoms with E-state index < -0.39 is 0 Å². The fraction of sp³-hybridized carbons (Fsp3) is 0.353. The number of nitrogens with one attached hydrogen (secondary N) is 2. The van der Waals surface area contributed by atoms with Crippen LogP contribution in [0.1, 0.15) is 36.8 Å². The molecule has 6 heteroatoms. The Hall–Kier alpha value is -2.63. The lowest BCUT2D eigenvalue weighted by atomic mass is 9.98. The molecule has 1 aromatic carbocycles. The molecular weight excluding hydrogens is 290 g/mol. The van der Waals surface area contributed by atoms with Crippen LogP contribution in [-0.2, 0) is 11.2 Å². The Balaban J connectivity index is 1.70. The van der Waals surface area contributed by atoms with E-state index in [9.17, 15) is 4.79 Å². The van der Waals surface area contributed by atoms with Gasteiger partial charge >= 0.3 is 0 Å². The maximum absolute atomic E-state index is 12.0. The van der Waals surface area contributed by atoms with Crippen molar-refractivity contribution < 1.29 is 4.79 Å². The number of aromatic nitrogens is 2. The van der Waals surface area contributed by atoms with Crippen LogP contribution in [0.15, 0.2) is 47.7 Å². The summed E-state index contributed by atoms with van der Waals surface area (Å²) in [6, 6.07) is 9.94. The predicted octanol–water partition coefficient (Wildman–Crippen LogP) is 1.97. The van der Waals surface area contributed by atoms with Gasteiger partial charge in [0, 0.05) is 19.2 Å². The van der Waals surface area contributed by atoms with Crippen LogP contribution in [0.5, 0.6) is 0 Å². The second kappa shape index (κ2) is 8.73. The summed E-state index contributed by atoms with van der Waals surface area (Å²) in [5, 5.41) is 9.30. The molecule has 1 aromatic heterocycles. The van der Waals surface area contributed by atoms with E-state index >= 15 is 0 Å². The van der Waals surface area contributed by atoms with Crippen LogP contribution in [-0.4, -0.2) is 28.6 Å². The molecule has 4 N–H and O–H groups in total. The van der Waals surface area contributed by atoms with Crippen LogP contribution in [0.3, 0.4) is 0 Å². The number of carbonyl (C=O) groups excluding carboxylic acids is 1. The number of aromatic amines is 1. The van der Waals surface area contributed by atoms with Crippen LogP contribution in [0.4, 0.5) is 0 Å². The van der Waals surface area contributed by atoms with Gasteiger partial charge in [-0.05, 0) is 29.9 Å². The summed E-state index contributed by atoms with van der Waals surface area (Å²) >= 11 is 0. The molecule has 1 unspecified atom stereocenters. The first kappa shape index (κ1) is 16.7. The molecular formula is C17H23N5O. The fourth-order valence-corrected chi connectivity index (χ4v) is 2.31. The highest BCUT2D eigenvalue weighted by Gasteiger charge is 2.11. The van der Waals surface area contributed by atoms with Gasteiger partial charge < -0.3 is 5.73 Å². The van der Waals surface area contributed by atoms with E-state index in [0.29, 0.717) is 13.0 Å². The molecule has 0 fully saturated rings. The fourth-order valence-electron chi connectivity index (χ4n) is 2.31. The Bertz CT molecular complexity index is 622. The lowest BCUT2D eigenvalue weighted by molar-refractivity contribution is -0.120. The van der Waals surface area contributed by atoms with Crippen molar-refractivity contribution in [2.75, 3.05) is 6.54 Å². The van der Waals surface area contributed by atoms with E-state index in [4.69, 9.17) is 5.73 Å². The second-order valence-electron chi connectivity index (χ2n) is 5.54. The smallest absolute Gasteiger partial charge is 0.227 e. The first-order valence-corrected chi connectivity index (χ1v) is 7.77. The van der Waals surface area contributed by atoms with E-state index in [2.05, 4.69) is 20.5 Å². The van der Waals surface area contributed by atoms with E-state index in [1.807, 2.05) is 43.5 Å². The summed E-state index contributed by atoms with van der Waals surface area (Å²) in [5.41, 5.74) is 8.02. The molecule has 1 atom stereocenters. The Morgan fingerprint density at radius 2 is 2.17 bits per heavy atom. The molecule has 0 radical (unpaired) electrons. The van der Waals surface area contributed by atoms with Gasteiger partial charge in [-0.2, -0.15) is 5.10 Å². The maximum Gasteiger partial charge on any atom is 0.227 e. The van der Waals surface area contributed by atoms with Crippen LogP contribution in [0.2, 0.25) is 0 Å². The van der Waals surface area contributed by atoms with Crippen molar-refractivity contribution in [2.45, 2.75) is 32.1 Å². The minimum Gasteiger partial charge on any atom is -0.370 e. The number of aliphatic imine (C=N–C) groups is 1. The monoisotopic (exact) mass is 313 g/mol. The lowest BCUT2D eigenvalue weighted by Gasteiger charge is -2.11. The maximum atomic E-state index is 12.0. The van der Waals surface area contributed by atoms with Gasteiger partial charge in [0.2, 0.25) is 5.91 Å². The van der Waals surface area contributed by atoms with Gasteiger partial charge in [0.05, 0.1) is 6.20 Å². The molecule has 0 aliphatic heterocycles. The van der Waals surface area contributed by atoms with Gasteiger partial charge in [0.15, 0.2) is 5.96 Å². The van der Waals surface area contributed by atoms with Crippen LogP contribution in [0.25, 0.3) is 0 Å². The van der Waals surface area contributed by atoms with Crippen molar-refractivity contribution in [3.63, 3.8) is 0 Å². The number of aryl methyl sites for hydroxylation is 1. The number of benzene rings is 1. The topological polar surface area (TPSA) is 96.2 Å². The first-order chi connectivity index (χ1) is 11.1. The zero-order chi connectivity index (χ0) is 16.5. The summed E-state index contributed by atoms with van der Waals surface area (Å²) < 4.78 is 0. The quantitative estimate of drug-likeness (QED) is 0.414. The van der Waals surface area contributed by atoms with Crippen LogP contribution in [0, 0.1) is 0 Å². The van der Waals surface area contributed by atoms with Crippen molar-refractivity contribution >= 4 is 11.9 Å². The standard InChI is InChI=1S/C17H23N5O/c1-13(15-7-3-2-4-8-15)10-16(23)22-17(18)19-9-5-6-14-11-20-21-12-14/h2-4,7-8,11-13H,5-6,9-10H2,1H3,(H,20,21)(H3,18,19,22,23). The van der Waals surface area contributed by atoms with Gasteiger partial charge in [0.1, 0.15) is 0 Å². The second-order valence-corrected chi connectivity index (χ2v) is 5.54. The zero-order valence-corrected chi connectivity index (χ0v) is 13.3. The number of nitrogens with two attached hydrogens (primary N) is 1. The molecule has 0 saturated heterocycles. The van der Waals surface area contributed by atoms with Crippen molar-refractivity contribution in [2.24, 2.45) is 10.7 Å². The summed E-state index contributed by atoms with van der Waals surface area (Å²) in [7, 11) is 0. The Morgan fingerprint density at radius 3 is 2.87 bits per heavy atom. The van der Waals surface area contributed by atoms with E-state index in [0.717, 1.165) is 24.0 Å². The predicted molar refractivity (Wildman–Crippen MR) is 91.0 cm³/mol. The average Bonchev–Trinajstić information content (AvgIpc) is 3.05. The zero-order valence-electron chi connectivity index (χ0n) is 13.3. The van der Waals surface area contributed by atoms with E-state index in [1.54, 1.807) is 6.20 Å². The molecule has 1 heterocycles. The summed E-state index contributed by atoms with van der Waals surface area (Å²) in [6.45, 7) is 2.60. The third kappa shape index (κ3) is 5.94. The van der Waals surface area contributed by atoms with Crippen LogP contribution >= 0.6 is 0 Å². The number of carbonyl (C=O) groups is 1.